The summed E-state index contributed by atoms with van der Waals surface area (Å²) in [4.78, 5) is 12.3. The van der Waals surface area contributed by atoms with Crippen LogP contribution in [0.1, 0.15) is 46.5 Å². The maximum atomic E-state index is 12.3. The van der Waals surface area contributed by atoms with Gasteiger partial charge in [-0.1, -0.05) is 20.8 Å². The Bertz CT molecular complexity index is 342. The SMILES string of the molecule is CC(C)(C)C1CCC(C(=O)NC2C3CNCC32)CC1. The Morgan fingerprint density at radius 1 is 1.05 bits per heavy atom. The van der Waals surface area contributed by atoms with Crippen molar-refractivity contribution in [3.8, 4) is 0 Å². The number of nitrogens with one attached hydrogen (secondary N) is 2. The van der Waals surface area contributed by atoms with E-state index in [0.29, 0.717) is 17.4 Å². The van der Waals surface area contributed by atoms with E-state index in [1.165, 1.54) is 12.8 Å². The molecule has 2 atom stereocenters. The van der Waals surface area contributed by atoms with Gasteiger partial charge in [0.15, 0.2) is 0 Å². The monoisotopic (exact) mass is 264 g/mol. The third-order valence-corrected chi connectivity index (χ3v) is 5.72. The average molecular weight is 264 g/mol. The average Bonchev–Trinajstić information content (AvgIpc) is 2.81. The summed E-state index contributed by atoms with van der Waals surface area (Å²) in [5.41, 5.74) is 0.403. The summed E-state index contributed by atoms with van der Waals surface area (Å²) < 4.78 is 0. The highest BCUT2D eigenvalue weighted by atomic mass is 16.2. The predicted octanol–water partition coefficient (Wildman–Crippen LogP) is 2.17. The van der Waals surface area contributed by atoms with E-state index < -0.39 is 0 Å². The van der Waals surface area contributed by atoms with E-state index in [1.54, 1.807) is 0 Å². The van der Waals surface area contributed by atoms with Gasteiger partial charge in [-0.15, -0.1) is 0 Å². The first-order chi connectivity index (χ1) is 8.97. The molecule has 1 heterocycles. The Balaban J connectivity index is 1.45. The normalized spacial score (nSPS) is 41.7. The zero-order chi connectivity index (χ0) is 13.6. The molecule has 0 aromatic carbocycles. The van der Waals surface area contributed by atoms with Gasteiger partial charge in [0.2, 0.25) is 5.91 Å². The first-order valence-corrected chi connectivity index (χ1v) is 7.98. The second kappa shape index (κ2) is 4.76. The molecule has 1 amide bonds. The van der Waals surface area contributed by atoms with Crippen molar-refractivity contribution in [1.82, 2.24) is 10.6 Å². The second-order valence-electron chi connectivity index (χ2n) is 7.93. The fourth-order valence-electron chi connectivity index (χ4n) is 4.14. The molecule has 0 spiro atoms. The van der Waals surface area contributed by atoms with E-state index >= 15 is 0 Å². The number of hydrogen-bond donors (Lipinski definition) is 2. The van der Waals surface area contributed by atoms with Crippen molar-refractivity contribution in [3.05, 3.63) is 0 Å². The van der Waals surface area contributed by atoms with Gasteiger partial charge in [0.05, 0.1) is 0 Å². The number of carbonyl (C=O) groups excluding carboxylic acids is 1. The van der Waals surface area contributed by atoms with Crippen LogP contribution in [-0.4, -0.2) is 25.0 Å². The molecule has 2 N–H and O–H groups in total. The van der Waals surface area contributed by atoms with Gasteiger partial charge < -0.3 is 10.6 Å². The third-order valence-electron chi connectivity index (χ3n) is 5.72. The molecular weight excluding hydrogens is 236 g/mol. The van der Waals surface area contributed by atoms with E-state index in [9.17, 15) is 4.79 Å². The summed E-state index contributed by atoms with van der Waals surface area (Å²) in [6.07, 6.45) is 4.63. The molecule has 2 saturated carbocycles. The van der Waals surface area contributed by atoms with E-state index in [0.717, 1.165) is 43.7 Å². The van der Waals surface area contributed by atoms with Gasteiger partial charge in [-0.3, -0.25) is 4.79 Å². The molecule has 3 nitrogen and oxygen atoms in total. The number of piperidine rings is 1. The molecule has 3 rings (SSSR count). The van der Waals surface area contributed by atoms with E-state index in [2.05, 4.69) is 31.4 Å². The van der Waals surface area contributed by atoms with Crippen molar-refractivity contribution in [2.45, 2.75) is 52.5 Å². The molecule has 0 bridgehead atoms. The smallest absolute Gasteiger partial charge is 0.223 e. The minimum Gasteiger partial charge on any atom is -0.352 e. The van der Waals surface area contributed by atoms with Crippen LogP contribution in [0, 0.1) is 29.1 Å². The Morgan fingerprint density at radius 3 is 2.16 bits per heavy atom. The van der Waals surface area contributed by atoms with Crippen LogP contribution >= 0.6 is 0 Å². The summed E-state index contributed by atoms with van der Waals surface area (Å²) in [7, 11) is 0. The number of carbonyl (C=O) groups is 1. The lowest BCUT2D eigenvalue weighted by Crippen LogP contribution is -2.39. The Hall–Kier alpha value is -0.570. The van der Waals surface area contributed by atoms with Gasteiger partial charge >= 0.3 is 0 Å². The van der Waals surface area contributed by atoms with Crippen LogP contribution in [-0.2, 0) is 4.79 Å². The van der Waals surface area contributed by atoms with Crippen LogP contribution in [0.15, 0.2) is 0 Å². The maximum absolute atomic E-state index is 12.3. The van der Waals surface area contributed by atoms with Gasteiger partial charge in [0.1, 0.15) is 0 Å². The minimum absolute atomic E-state index is 0.285. The number of fused-ring (bicyclic) bond motifs is 1. The molecule has 3 fully saturated rings. The van der Waals surface area contributed by atoms with Crippen LogP contribution in [0.2, 0.25) is 0 Å². The zero-order valence-corrected chi connectivity index (χ0v) is 12.5. The van der Waals surface area contributed by atoms with Crippen LogP contribution in [0.4, 0.5) is 0 Å². The topological polar surface area (TPSA) is 41.1 Å². The maximum Gasteiger partial charge on any atom is 0.223 e. The molecule has 2 aliphatic carbocycles. The third kappa shape index (κ3) is 2.67. The highest BCUT2D eigenvalue weighted by Crippen LogP contribution is 2.43. The summed E-state index contributed by atoms with van der Waals surface area (Å²) in [5, 5.41) is 6.68. The Kier molecular flexibility index (Phi) is 3.36. The standard InChI is InChI=1S/C16H28N2O/c1-16(2,3)11-6-4-10(5-7-11)15(19)18-14-12-8-17-9-13(12)14/h10-14,17H,4-9H2,1-3H3,(H,18,19). The summed E-state index contributed by atoms with van der Waals surface area (Å²) in [6, 6.07) is 0.495. The second-order valence-corrected chi connectivity index (χ2v) is 7.93. The van der Waals surface area contributed by atoms with Crippen molar-refractivity contribution in [2.24, 2.45) is 29.1 Å². The molecular formula is C16H28N2O. The fourth-order valence-corrected chi connectivity index (χ4v) is 4.14. The van der Waals surface area contributed by atoms with Crippen LogP contribution in [0.25, 0.3) is 0 Å². The highest BCUT2D eigenvalue weighted by Gasteiger charge is 2.53. The van der Waals surface area contributed by atoms with Crippen molar-refractivity contribution >= 4 is 5.91 Å². The van der Waals surface area contributed by atoms with Gasteiger partial charge in [0.25, 0.3) is 0 Å². The Labute approximate surface area is 116 Å². The number of amides is 1. The molecule has 3 aliphatic rings. The van der Waals surface area contributed by atoms with Gasteiger partial charge in [0, 0.05) is 25.0 Å². The van der Waals surface area contributed by atoms with Crippen molar-refractivity contribution in [1.29, 1.82) is 0 Å². The van der Waals surface area contributed by atoms with Gasteiger partial charge in [-0.05, 0) is 48.9 Å². The summed E-state index contributed by atoms with van der Waals surface area (Å²) >= 11 is 0. The molecule has 1 saturated heterocycles. The number of hydrogen-bond acceptors (Lipinski definition) is 2. The quantitative estimate of drug-likeness (QED) is 0.802. The molecule has 2 unspecified atom stereocenters. The molecule has 1 aliphatic heterocycles. The number of rotatable bonds is 2. The first kappa shape index (κ1) is 13.4. The van der Waals surface area contributed by atoms with Crippen LogP contribution in [0.3, 0.4) is 0 Å². The van der Waals surface area contributed by atoms with Crippen molar-refractivity contribution in [2.75, 3.05) is 13.1 Å². The molecule has 3 heteroatoms. The molecule has 0 aromatic heterocycles. The molecule has 19 heavy (non-hydrogen) atoms. The van der Waals surface area contributed by atoms with E-state index in [1.807, 2.05) is 0 Å². The summed E-state index contributed by atoms with van der Waals surface area (Å²) in [5.74, 6) is 2.88. The molecule has 0 aromatic rings. The largest absolute Gasteiger partial charge is 0.352 e. The zero-order valence-electron chi connectivity index (χ0n) is 12.5. The molecule has 0 radical (unpaired) electrons. The van der Waals surface area contributed by atoms with Crippen LogP contribution in [0.5, 0.6) is 0 Å². The van der Waals surface area contributed by atoms with Crippen molar-refractivity contribution < 1.29 is 4.79 Å². The fraction of sp³-hybridized carbons (Fsp3) is 0.938. The lowest BCUT2D eigenvalue weighted by Gasteiger charge is -2.36. The Morgan fingerprint density at radius 2 is 1.63 bits per heavy atom. The lowest BCUT2D eigenvalue weighted by molar-refractivity contribution is -0.126. The van der Waals surface area contributed by atoms with E-state index in [-0.39, 0.29) is 5.92 Å². The predicted molar refractivity (Wildman–Crippen MR) is 76.7 cm³/mol. The van der Waals surface area contributed by atoms with Crippen LogP contribution < -0.4 is 10.6 Å². The highest BCUT2D eigenvalue weighted by molar-refractivity contribution is 5.79. The van der Waals surface area contributed by atoms with Gasteiger partial charge in [-0.25, -0.2) is 0 Å². The summed E-state index contributed by atoms with van der Waals surface area (Å²) in [6.45, 7) is 9.20. The molecule has 108 valence electrons. The van der Waals surface area contributed by atoms with E-state index in [4.69, 9.17) is 0 Å². The van der Waals surface area contributed by atoms with Crippen molar-refractivity contribution in [3.63, 3.8) is 0 Å². The first-order valence-electron chi connectivity index (χ1n) is 7.98. The lowest BCUT2D eigenvalue weighted by atomic mass is 9.69. The van der Waals surface area contributed by atoms with Gasteiger partial charge in [-0.2, -0.15) is 0 Å². The minimum atomic E-state index is 0.285.